The average Bonchev–Trinajstić information content (AvgIpc) is 2.96. The Labute approximate surface area is 116 Å². The normalized spacial score (nSPS) is 10.6. The summed E-state index contributed by atoms with van der Waals surface area (Å²) >= 11 is 0. The third-order valence-corrected chi connectivity index (χ3v) is 3.09. The van der Waals surface area contributed by atoms with Crippen LogP contribution in [-0.2, 0) is 13.1 Å². The summed E-state index contributed by atoms with van der Waals surface area (Å²) < 4.78 is 3.46. The smallest absolute Gasteiger partial charge is 0.250 e. The van der Waals surface area contributed by atoms with Gasteiger partial charge in [-0.3, -0.25) is 4.79 Å². The summed E-state index contributed by atoms with van der Waals surface area (Å²) in [5.74, 6) is 0. The summed E-state index contributed by atoms with van der Waals surface area (Å²) in [6.07, 6.45) is 5.29. The Morgan fingerprint density at radius 3 is 2.30 bits per heavy atom. The molecule has 0 saturated heterocycles. The second-order valence-electron chi connectivity index (χ2n) is 4.58. The molecule has 0 radical (unpaired) electrons. The predicted molar refractivity (Wildman–Crippen MR) is 75.4 cm³/mol. The van der Waals surface area contributed by atoms with Crippen LogP contribution in [0.2, 0.25) is 0 Å². The minimum absolute atomic E-state index is 0.0131. The van der Waals surface area contributed by atoms with E-state index in [4.69, 9.17) is 0 Å². The van der Waals surface area contributed by atoms with Gasteiger partial charge in [-0.15, -0.1) is 5.10 Å². The molecule has 2 aromatic heterocycles. The van der Waals surface area contributed by atoms with E-state index in [9.17, 15) is 4.79 Å². The van der Waals surface area contributed by atoms with Gasteiger partial charge >= 0.3 is 0 Å². The number of rotatable bonds is 4. The number of aromatic nitrogens is 4. The lowest BCUT2D eigenvalue weighted by Crippen LogP contribution is -2.18. The van der Waals surface area contributed by atoms with Gasteiger partial charge in [0.25, 0.3) is 5.56 Å². The van der Waals surface area contributed by atoms with Crippen molar-refractivity contribution >= 4 is 0 Å². The largest absolute Gasteiger partial charge is 0.311 e. The molecule has 0 bridgehead atoms. The average molecular weight is 266 g/mol. The molecule has 0 saturated carbocycles. The third kappa shape index (κ3) is 2.83. The van der Waals surface area contributed by atoms with Gasteiger partial charge in [-0.25, -0.2) is 4.68 Å². The first-order valence-corrected chi connectivity index (χ1v) is 6.39. The summed E-state index contributed by atoms with van der Waals surface area (Å²) in [5.41, 5.74) is 2.26. The summed E-state index contributed by atoms with van der Waals surface area (Å²) in [6.45, 7) is 1.29. The number of pyridine rings is 1. The molecule has 0 aliphatic heterocycles. The highest BCUT2D eigenvalue weighted by Gasteiger charge is 1.99. The highest BCUT2D eigenvalue weighted by atomic mass is 16.1. The van der Waals surface area contributed by atoms with Crippen molar-refractivity contribution in [3.8, 4) is 0 Å². The maximum Gasteiger partial charge on any atom is 0.250 e. The molecule has 5 nitrogen and oxygen atoms in total. The van der Waals surface area contributed by atoms with E-state index in [0.29, 0.717) is 13.1 Å². The highest BCUT2D eigenvalue weighted by Crippen LogP contribution is 2.07. The fourth-order valence-electron chi connectivity index (χ4n) is 2.04. The number of nitrogens with zero attached hydrogens (tertiary/aromatic N) is 4. The Bertz CT molecular complexity index is 729. The maximum atomic E-state index is 11.6. The van der Waals surface area contributed by atoms with Crippen LogP contribution < -0.4 is 5.56 Å². The molecule has 2 heterocycles. The number of hydrogen-bond donors (Lipinski definition) is 0. The van der Waals surface area contributed by atoms with E-state index in [0.717, 1.165) is 11.1 Å². The molecule has 0 amide bonds. The van der Waals surface area contributed by atoms with Crippen LogP contribution in [0.5, 0.6) is 0 Å². The van der Waals surface area contributed by atoms with E-state index in [2.05, 4.69) is 10.3 Å². The van der Waals surface area contributed by atoms with Crippen LogP contribution >= 0.6 is 0 Å². The Morgan fingerprint density at radius 1 is 0.900 bits per heavy atom. The lowest BCUT2D eigenvalue weighted by molar-refractivity contribution is 0.649. The SMILES string of the molecule is O=c1ccccn1Cc1ccc(Cn2ccnn2)cc1. The minimum Gasteiger partial charge on any atom is -0.311 e. The summed E-state index contributed by atoms with van der Waals surface area (Å²) in [6, 6.07) is 13.3. The Morgan fingerprint density at radius 2 is 1.65 bits per heavy atom. The van der Waals surface area contributed by atoms with Crippen molar-refractivity contribution in [1.82, 2.24) is 19.6 Å². The van der Waals surface area contributed by atoms with E-state index in [-0.39, 0.29) is 5.56 Å². The molecule has 0 aliphatic rings. The lowest BCUT2D eigenvalue weighted by atomic mass is 10.1. The van der Waals surface area contributed by atoms with E-state index < -0.39 is 0 Å². The molecule has 0 fully saturated rings. The van der Waals surface area contributed by atoms with Gasteiger partial charge in [0.2, 0.25) is 0 Å². The van der Waals surface area contributed by atoms with Crippen LogP contribution in [0.15, 0.2) is 65.8 Å². The number of benzene rings is 1. The van der Waals surface area contributed by atoms with Crippen molar-refractivity contribution in [3.63, 3.8) is 0 Å². The summed E-state index contributed by atoms with van der Waals surface area (Å²) in [4.78, 5) is 11.6. The van der Waals surface area contributed by atoms with E-state index in [1.807, 2.05) is 36.5 Å². The molecule has 1 aromatic carbocycles. The number of hydrogen-bond acceptors (Lipinski definition) is 3. The zero-order valence-electron chi connectivity index (χ0n) is 10.9. The van der Waals surface area contributed by atoms with Crippen molar-refractivity contribution in [2.45, 2.75) is 13.1 Å². The maximum absolute atomic E-state index is 11.6. The van der Waals surface area contributed by atoms with Gasteiger partial charge in [-0.05, 0) is 17.2 Å². The molecule has 5 heteroatoms. The summed E-state index contributed by atoms with van der Waals surface area (Å²) in [7, 11) is 0. The van der Waals surface area contributed by atoms with Crippen LogP contribution in [0, 0.1) is 0 Å². The van der Waals surface area contributed by atoms with Gasteiger partial charge in [0.15, 0.2) is 0 Å². The molecular formula is C15H14N4O. The van der Waals surface area contributed by atoms with Gasteiger partial charge in [0.05, 0.1) is 19.3 Å². The fraction of sp³-hybridized carbons (Fsp3) is 0.133. The topological polar surface area (TPSA) is 52.7 Å². The van der Waals surface area contributed by atoms with Gasteiger partial charge < -0.3 is 4.57 Å². The quantitative estimate of drug-likeness (QED) is 0.719. The molecule has 3 rings (SSSR count). The van der Waals surface area contributed by atoms with E-state index >= 15 is 0 Å². The molecule has 3 aromatic rings. The van der Waals surface area contributed by atoms with Crippen LogP contribution in [0.1, 0.15) is 11.1 Å². The molecule has 100 valence electrons. The molecule has 0 unspecified atom stereocenters. The van der Waals surface area contributed by atoms with Crippen molar-refractivity contribution in [1.29, 1.82) is 0 Å². The van der Waals surface area contributed by atoms with E-state index in [1.165, 1.54) is 0 Å². The molecule has 0 spiro atoms. The van der Waals surface area contributed by atoms with Crippen molar-refractivity contribution in [3.05, 3.63) is 82.5 Å². The third-order valence-electron chi connectivity index (χ3n) is 3.09. The Hall–Kier alpha value is -2.69. The van der Waals surface area contributed by atoms with Gasteiger partial charge in [-0.2, -0.15) is 0 Å². The monoisotopic (exact) mass is 266 g/mol. The standard InChI is InChI=1S/C15H14N4O/c20-15-3-1-2-9-18(15)11-13-4-6-14(7-5-13)12-19-10-8-16-17-19/h1-10H,11-12H2. The Kier molecular flexibility index (Phi) is 3.41. The zero-order valence-corrected chi connectivity index (χ0v) is 10.9. The zero-order chi connectivity index (χ0) is 13.8. The summed E-state index contributed by atoms with van der Waals surface area (Å²) in [5, 5.41) is 7.71. The second-order valence-corrected chi connectivity index (χ2v) is 4.58. The van der Waals surface area contributed by atoms with Gasteiger partial charge in [0.1, 0.15) is 0 Å². The van der Waals surface area contributed by atoms with E-state index in [1.54, 1.807) is 33.8 Å². The second kappa shape index (κ2) is 5.52. The highest BCUT2D eigenvalue weighted by molar-refractivity contribution is 5.23. The first-order chi connectivity index (χ1) is 9.81. The van der Waals surface area contributed by atoms with Crippen LogP contribution in [0.4, 0.5) is 0 Å². The first-order valence-electron chi connectivity index (χ1n) is 6.39. The van der Waals surface area contributed by atoms with Gasteiger partial charge in [-0.1, -0.05) is 35.5 Å². The molecule has 0 aliphatic carbocycles. The molecule has 0 N–H and O–H groups in total. The minimum atomic E-state index is 0.0131. The molecule has 0 atom stereocenters. The van der Waals surface area contributed by atoms with Gasteiger partial charge in [0, 0.05) is 18.5 Å². The van der Waals surface area contributed by atoms with Crippen LogP contribution in [0.25, 0.3) is 0 Å². The van der Waals surface area contributed by atoms with Crippen molar-refractivity contribution in [2.24, 2.45) is 0 Å². The fourth-order valence-corrected chi connectivity index (χ4v) is 2.04. The lowest BCUT2D eigenvalue weighted by Gasteiger charge is -2.06. The van der Waals surface area contributed by atoms with Crippen molar-refractivity contribution < 1.29 is 0 Å². The Balaban J connectivity index is 1.73. The predicted octanol–water partition coefficient (Wildman–Crippen LogP) is 1.54. The molecular weight excluding hydrogens is 252 g/mol. The van der Waals surface area contributed by atoms with Crippen LogP contribution in [0.3, 0.4) is 0 Å². The van der Waals surface area contributed by atoms with Crippen LogP contribution in [-0.4, -0.2) is 19.6 Å². The first kappa shape index (κ1) is 12.3. The molecule has 20 heavy (non-hydrogen) atoms. The van der Waals surface area contributed by atoms with Crippen molar-refractivity contribution in [2.75, 3.05) is 0 Å².